The van der Waals surface area contributed by atoms with E-state index < -0.39 is 10.0 Å². The van der Waals surface area contributed by atoms with Crippen molar-refractivity contribution in [3.05, 3.63) is 46.9 Å². The Labute approximate surface area is 152 Å². The van der Waals surface area contributed by atoms with Crippen molar-refractivity contribution in [3.8, 4) is 0 Å². The zero-order valence-corrected chi connectivity index (χ0v) is 15.9. The summed E-state index contributed by atoms with van der Waals surface area (Å²) >= 11 is 1.68. The minimum Gasteiger partial charge on any atom is -0.356 e. The van der Waals surface area contributed by atoms with Gasteiger partial charge in [0.2, 0.25) is 10.0 Å². The van der Waals surface area contributed by atoms with E-state index in [4.69, 9.17) is 0 Å². The Balaban J connectivity index is 1.72. The first-order valence-corrected chi connectivity index (χ1v) is 10.3. The SMILES string of the molecule is CN=C(NCCNS(=O)(=O)c1cccnc1)NCC(C)c1ccsc1. The molecule has 7 nitrogen and oxygen atoms in total. The van der Waals surface area contributed by atoms with Crippen LogP contribution >= 0.6 is 11.3 Å². The normalized spacial score (nSPS) is 13.4. The zero-order valence-electron chi connectivity index (χ0n) is 14.3. The average Bonchev–Trinajstić information content (AvgIpc) is 3.16. The summed E-state index contributed by atoms with van der Waals surface area (Å²) in [4.78, 5) is 8.12. The molecule has 0 amide bonds. The van der Waals surface area contributed by atoms with E-state index in [9.17, 15) is 8.42 Å². The van der Waals surface area contributed by atoms with E-state index in [0.29, 0.717) is 18.4 Å². The fraction of sp³-hybridized carbons (Fsp3) is 0.375. The Bertz CT molecular complexity index is 761. The second-order valence-corrected chi connectivity index (χ2v) is 7.97. The van der Waals surface area contributed by atoms with E-state index in [-0.39, 0.29) is 11.4 Å². The summed E-state index contributed by atoms with van der Waals surface area (Å²) in [5.41, 5.74) is 1.29. The van der Waals surface area contributed by atoms with E-state index in [1.165, 1.54) is 24.0 Å². The number of thiophene rings is 1. The van der Waals surface area contributed by atoms with Crippen LogP contribution in [0.3, 0.4) is 0 Å². The van der Waals surface area contributed by atoms with Crippen LogP contribution in [0.5, 0.6) is 0 Å². The molecule has 0 aliphatic carbocycles. The smallest absolute Gasteiger partial charge is 0.242 e. The van der Waals surface area contributed by atoms with Crippen molar-refractivity contribution in [2.24, 2.45) is 4.99 Å². The van der Waals surface area contributed by atoms with Crippen LogP contribution in [-0.4, -0.2) is 46.0 Å². The molecule has 9 heteroatoms. The Morgan fingerprint density at radius 3 is 2.80 bits per heavy atom. The molecule has 0 spiro atoms. The molecule has 2 aromatic heterocycles. The molecule has 0 aromatic carbocycles. The predicted molar refractivity (Wildman–Crippen MR) is 102 cm³/mol. The second kappa shape index (κ2) is 9.50. The molecule has 2 aromatic rings. The minimum atomic E-state index is -3.53. The molecule has 0 aliphatic heterocycles. The number of guanidine groups is 1. The maximum absolute atomic E-state index is 12.1. The molecular weight excluding hydrogens is 358 g/mol. The third-order valence-corrected chi connectivity index (χ3v) is 5.71. The lowest BCUT2D eigenvalue weighted by Gasteiger charge is -2.15. The second-order valence-electron chi connectivity index (χ2n) is 5.42. The molecule has 0 radical (unpaired) electrons. The fourth-order valence-corrected chi connectivity index (χ4v) is 3.88. The number of hydrogen-bond acceptors (Lipinski definition) is 5. The number of sulfonamides is 1. The summed E-state index contributed by atoms with van der Waals surface area (Å²) in [5.74, 6) is 1.01. The molecule has 2 rings (SSSR count). The van der Waals surface area contributed by atoms with Gasteiger partial charge in [-0.05, 0) is 40.4 Å². The van der Waals surface area contributed by atoms with Crippen molar-refractivity contribution in [1.82, 2.24) is 20.3 Å². The van der Waals surface area contributed by atoms with E-state index in [0.717, 1.165) is 6.54 Å². The van der Waals surface area contributed by atoms with E-state index in [1.54, 1.807) is 24.5 Å². The number of aliphatic imine (C=N–C) groups is 1. The standard InChI is InChI=1S/C16H23N5O2S2/c1-13(14-5-9-24-12-14)10-20-16(17-2)19-7-8-21-25(22,23)15-4-3-6-18-11-15/h3-6,9,11-13,21H,7-8,10H2,1-2H3,(H2,17,19,20). The molecule has 0 aliphatic rings. The molecule has 1 unspecified atom stereocenters. The van der Waals surface area contributed by atoms with Crippen LogP contribution in [0.15, 0.2) is 51.2 Å². The summed E-state index contributed by atoms with van der Waals surface area (Å²) in [7, 11) is -1.85. The number of hydrogen-bond donors (Lipinski definition) is 3. The van der Waals surface area contributed by atoms with Gasteiger partial charge in [0.1, 0.15) is 4.90 Å². The molecule has 25 heavy (non-hydrogen) atoms. The molecule has 136 valence electrons. The Kier molecular flexibility index (Phi) is 7.35. The highest BCUT2D eigenvalue weighted by Crippen LogP contribution is 2.16. The van der Waals surface area contributed by atoms with Crippen molar-refractivity contribution in [2.45, 2.75) is 17.7 Å². The van der Waals surface area contributed by atoms with Crippen molar-refractivity contribution >= 4 is 27.3 Å². The minimum absolute atomic E-state index is 0.155. The maximum Gasteiger partial charge on any atom is 0.242 e. The van der Waals surface area contributed by atoms with Gasteiger partial charge in [-0.1, -0.05) is 6.92 Å². The van der Waals surface area contributed by atoms with Crippen LogP contribution in [0.4, 0.5) is 0 Å². The van der Waals surface area contributed by atoms with Crippen LogP contribution < -0.4 is 15.4 Å². The summed E-state index contributed by atoms with van der Waals surface area (Å²) in [6.07, 6.45) is 2.86. The lowest BCUT2D eigenvalue weighted by molar-refractivity contribution is 0.580. The number of rotatable bonds is 8. The molecule has 0 saturated carbocycles. The largest absolute Gasteiger partial charge is 0.356 e. The van der Waals surface area contributed by atoms with Crippen LogP contribution in [0.1, 0.15) is 18.4 Å². The molecule has 0 bridgehead atoms. The van der Waals surface area contributed by atoms with Gasteiger partial charge in [0.25, 0.3) is 0 Å². The Morgan fingerprint density at radius 1 is 1.32 bits per heavy atom. The van der Waals surface area contributed by atoms with Crippen molar-refractivity contribution in [1.29, 1.82) is 0 Å². The summed E-state index contributed by atoms with van der Waals surface area (Å²) in [6.45, 7) is 3.56. The van der Waals surface area contributed by atoms with E-state index >= 15 is 0 Å². The third-order valence-electron chi connectivity index (χ3n) is 3.57. The van der Waals surface area contributed by atoms with Gasteiger partial charge >= 0.3 is 0 Å². The van der Waals surface area contributed by atoms with E-state index in [1.807, 2.05) is 0 Å². The van der Waals surface area contributed by atoms with Gasteiger partial charge in [-0.25, -0.2) is 13.1 Å². The van der Waals surface area contributed by atoms with Gasteiger partial charge in [-0.3, -0.25) is 9.98 Å². The van der Waals surface area contributed by atoms with Crippen LogP contribution in [0.2, 0.25) is 0 Å². The number of pyridine rings is 1. The quantitative estimate of drug-likeness (QED) is 0.365. The van der Waals surface area contributed by atoms with Crippen molar-refractivity contribution in [2.75, 3.05) is 26.7 Å². The lowest BCUT2D eigenvalue weighted by Crippen LogP contribution is -2.42. The first-order valence-electron chi connectivity index (χ1n) is 7.89. The van der Waals surface area contributed by atoms with Gasteiger partial charge in [0.05, 0.1) is 0 Å². The van der Waals surface area contributed by atoms with Crippen molar-refractivity contribution < 1.29 is 8.42 Å². The number of nitrogens with one attached hydrogen (secondary N) is 3. The highest BCUT2D eigenvalue weighted by atomic mass is 32.2. The van der Waals surface area contributed by atoms with Gasteiger partial charge in [0, 0.05) is 39.1 Å². The third kappa shape index (κ3) is 6.11. The monoisotopic (exact) mass is 381 g/mol. The van der Waals surface area contributed by atoms with Crippen LogP contribution in [-0.2, 0) is 10.0 Å². The van der Waals surface area contributed by atoms with Crippen LogP contribution in [0, 0.1) is 0 Å². The van der Waals surface area contributed by atoms with Gasteiger partial charge in [0.15, 0.2) is 5.96 Å². The Hall–Kier alpha value is -1.97. The number of nitrogens with zero attached hydrogens (tertiary/aromatic N) is 2. The molecule has 0 fully saturated rings. The molecule has 2 heterocycles. The number of aromatic nitrogens is 1. The maximum atomic E-state index is 12.1. The molecule has 0 saturated heterocycles. The summed E-state index contributed by atoms with van der Waals surface area (Å²) in [5, 5.41) is 10.5. The topological polar surface area (TPSA) is 95.5 Å². The summed E-state index contributed by atoms with van der Waals surface area (Å²) in [6, 6.07) is 5.21. The highest BCUT2D eigenvalue weighted by molar-refractivity contribution is 7.89. The molecule has 3 N–H and O–H groups in total. The predicted octanol–water partition coefficient (Wildman–Crippen LogP) is 1.39. The van der Waals surface area contributed by atoms with E-state index in [2.05, 4.69) is 49.1 Å². The van der Waals surface area contributed by atoms with Gasteiger partial charge < -0.3 is 10.6 Å². The Morgan fingerprint density at radius 2 is 2.16 bits per heavy atom. The van der Waals surface area contributed by atoms with Crippen molar-refractivity contribution in [3.63, 3.8) is 0 Å². The van der Waals surface area contributed by atoms with Gasteiger partial charge in [-0.2, -0.15) is 11.3 Å². The molecule has 1 atom stereocenters. The zero-order chi connectivity index (χ0) is 18.1. The summed E-state index contributed by atoms with van der Waals surface area (Å²) < 4.78 is 26.7. The van der Waals surface area contributed by atoms with Crippen LogP contribution in [0.25, 0.3) is 0 Å². The van der Waals surface area contributed by atoms with Gasteiger partial charge in [-0.15, -0.1) is 0 Å². The highest BCUT2D eigenvalue weighted by Gasteiger charge is 2.13. The molecular formula is C16H23N5O2S2. The first-order chi connectivity index (χ1) is 12.0. The lowest BCUT2D eigenvalue weighted by atomic mass is 10.1. The average molecular weight is 382 g/mol. The fourth-order valence-electron chi connectivity index (χ4n) is 2.10. The first kappa shape index (κ1) is 19.4.